The average Bonchev–Trinajstić information content (AvgIpc) is 2.84. The molecule has 0 atom stereocenters. The van der Waals surface area contributed by atoms with Gasteiger partial charge in [-0.05, 0) is 6.92 Å². The van der Waals surface area contributed by atoms with Gasteiger partial charge in [-0.25, -0.2) is 9.97 Å². The van der Waals surface area contributed by atoms with Crippen molar-refractivity contribution in [3.8, 4) is 0 Å². The van der Waals surface area contributed by atoms with Crippen LogP contribution in [-0.4, -0.2) is 33.3 Å². The number of nitrogens with zero attached hydrogens (tertiary/aromatic N) is 5. The highest BCUT2D eigenvalue weighted by atomic mass is 15.2. The van der Waals surface area contributed by atoms with E-state index in [1.807, 2.05) is 37.2 Å². The van der Waals surface area contributed by atoms with Crippen LogP contribution in [0.5, 0.6) is 0 Å². The highest BCUT2D eigenvalue weighted by Crippen LogP contribution is 2.17. The number of hydrogen-bond donors (Lipinski definition) is 1. The second-order valence-corrected chi connectivity index (χ2v) is 4.79. The second-order valence-electron chi connectivity index (χ2n) is 4.79. The molecule has 0 unspecified atom stereocenters. The minimum absolute atomic E-state index is 0.777. The summed E-state index contributed by atoms with van der Waals surface area (Å²) in [5, 5.41) is 7.44. The summed E-state index contributed by atoms with van der Waals surface area (Å²) in [6, 6.07) is 1.99. The van der Waals surface area contributed by atoms with Crippen LogP contribution in [0.4, 0.5) is 11.6 Å². The molecule has 0 aliphatic rings. The van der Waals surface area contributed by atoms with Crippen molar-refractivity contribution in [2.45, 2.75) is 26.8 Å². The summed E-state index contributed by atoms with van der Waals surface area (Å²) in [4.78, 5) is 11.2. The lowest BCUT2D eigenvalue weighted by Crippen LogP contribution is -2.19. The van der Waals surface area contributed by atoms with Crippen LogP contribution < -0.4 is 10.2 Å². The molecule has 0 aromatic carbocycles. The Balaban J connectivity index is 2.19. The fraction of sp³-hybridized carbons (Fsp3) is 0.500. The highest BCUT2D eigenvalue weighted by Gasteiger charge is 2.09. The fourth-order valence-corrected chi connectivity index (χ4v) is 2.02. The molecule has 6 heteroatoms. The molecule has 0 fully saturated rings. The highest BCUT2D eigenvalue weighted by molar-refractivity contribution is 5.49. The number of nitrogens with one attached hydrogen (secondary N) is 1. The normalized spacial score (nSPS) is 10.6. The van der Waals surface area contributed by atoms with Gasteiger partial charge in [-0.3, -0.25) is 4.68 Å². The number of rotatable bonds is 6. The van der Waals surface area contributed by atoms with Gasteiger partial charge in [0.2, 0.25) is 0 Å². The van der Waals surface area contributed by atoms with Crippen molar-refractivity contribution in [2.75, 3.05) is 23.8 Å². The van der Waals surface area contributed by atoms with Crippen LogP contribution in [0.3, 0.4) is 0 Å². The van der Waals surface area contributed by atoms with Gasteiger partial charge >= 0.3 is 0 Å². The van der Waals surface area contributed by atoms with Crippen molar-refractivity contribution >= 4 is 11.6 Å². The minimum atomic E-state index is 0.777. The Kier molecular flexibility index (Phi) is 4.55. The molecule has 2 aromatic heterocycles. The maximum atomic E-state index is 4.58. The summed E-state index contributed by atoms with van der Waals surface area (Å²) in [6.45, 7) is 5.76. The molecule has 0 radical (unpaired) electrons. The van der Waals surface area contributed by atoms with E-state index in [-0.39, 0.29) is 0 Å². The van der Waals surface area contributed by atoms with Gasteiger partial charge in [0.1, 0.15) is 17.5 Å². The van der Waals surface area contributed by atoms with Gasteiger partial charge in [0, 0.05) is 51.4 Å². The smallest absolute Gasteiger partial charge is 0.134 e. The lowest BCUT2D eigenvalue weighted by molar-refractivity contribution is 0.766. The molecule has 2 rings (SSSR count). The zero-order chi connectivity index (χ0) is 14.5. The fourth-order valence-electron chi connectivity index (χ4n) is 2.02. The molecule has 20 heavy (non-hydrogen) atoms. The quantitative estimate of drug-likeness (QED) is 0.871. The molecule has 0 amide bonds. The van der Waals surface area contributed by atoms with Crippen molar-refractivity contribution in [1.29, 1.82) is 0 Å². The van der Waals surface area contributed by atoms with Crippen molar-refractivity contribution < 1.29 is 0 Å². The van der Waals surface area contributed by atoms with Gasteiger partial charge in [-0.15, -0.1) is 0 Å². The van der Waals surface area contributed by atoms with Gasteiger partial charge in [0.25, 0.3) is 0 Å². The van der Waals surface area contributed by atoms with Crippen molar-refractivity contribution in [3.05, 3.63) is 29.8 Å². The maximum Gasteiger partial charge on any atom is 0.134 e. The van der Waals surface area contributed by atoms with E-state index in [9.17, 15) is 0 Å². The van der Waals surface area contributed by atoms with E-state index in [4.69, 9.17) is 0 Å². The van der Waals surface area contributed by atoms with Crippen LogP contribution in [0, 0.1) is 0 Å². The van der Waals surface area contributed by atoms with E-state index in [0.717, 1.165) is 42.5 Å². The second kappa shape index (κ2) is 6.36. The molecule has 6 nitrogen and oxygen atoms in total. The van der Waals surface area contributed by atoms with Crippen LogP contribution in [0.25, 0.3) is 0 Å². The molecule has 0 aliphatic carbocycles. The van der Waals surface area contributed by atoms with Crippen molar-refractivity contribution in [3.63, 3.8) is 0 Å². The number of anilines is 2. The van der Waals surface area contributed by atoms with Crippen LogP contribution in [0.1, 0.15) is 25.2 Å². The molecular weight excluding hydrogens is 252 g/mol. The van der Waals surface area contributed by atoms with E-state index < -0.39 is 0 Å². The third kappa shape index (κ3) is 3.46. The van der Waals surface area contributed by atoms with Gasteiger partial charge in [0.15, 0.2) is 0 Å². The van der Waals surface area contributed by atoms with Crippen LogP contribution in [0.15, 0.2) is 18.5 Å². The Morgan fingerprint density at radius 2 is 2.10 bits per heavy atom. The van der Waals surface area contributed by atoms with E-state index >= 15 is 0 Å². The van der Waals surface area contributed by atoms with E-state index in [1.54, 1.807) is 0 Å². The Hall–Kier alpha value is -2.11. The van der Waals surface area contributed by atoms with Crippen molar-refractivity contribution in [2.24, 2.45) is 7.05 Å². The molecule has 0 bridgehead atoms. The topological polar surface area (TPSA) is 58.9 Å². The Morgan fingerprint density at radius 3 is 2.70 bits per heavy atom. The molecule has 0 aliphatic heterocycles. The molecule has 2 aromatic rings. The van der Waals surface area contributed by atoms with E-state index in [2.05, 4.69) is 39.1 Å². The molecule has 2 heterocycles. The summed E-state index contributed by atoms with van der Waals surface area (Å²) in [7, 11) is 3.96. The summed E-state index contributed by atoms with van der Waals surface area (Å²) >= 11 is 0. The van der Waals surface area contributed by atoms with E-state index in [1.165, 1.54) is 0 Å². The first-order valence-corrected chi connectivity index (χ1v) is 6.92. The van der Waals surface area contributed by atoms with Gasteiger partial charge in [-0.2, -0.15) is 5.10 Å². The Bertz CT molecular complexity index is 563. The SMILES string of the molecule is CCNc1cc(N(C)Cc2cnn(C)c2)nc(CC)n1. The summed E-state index contributed by atoms with van der Waals surface area (Å²) in [6.07, 6.45) is 4.72. The summed E-state index contributed by atoms with van der Waals surface area (Å²) < 4.78 is 1.81. The summed E-state index contributed by atoms with van der Waals surface area (Å²) in [5.74, 6) is 2.67. The molecular formula is C14H22N6. The monoisotopic (exact) mass is 274 g/mol. The maximum absolute atomic E-state index is 4.58. The molecule has 0 spiro atoms. The lowest BCUT2D eigenvalue weighted by Gasteiger charge is -2.19. The average molecular weight is 274 g/mol. The van der Waals surface area contributed by atoms with Gasteiger partial charge < -0.3 is 10.2 Å². The van der Waals surface area contributed by atoms with Crippen LogP contribution >= 0.6 is 0 Å². The third-order valence-electron chi connectivity index (χ3n) is 3.00. The zero-order valence-corrected chi connectivity index (χ0v) is 12.6. The predicted molar refractivity (Wildman–Crippen MR) is 80.9 cm³/mol. The Labute approximate surface area is 119 Å². The number of aryl methyl sites for hydroxylation is 2. The molecule has 1 N–H and O–H groups in total. The molecule has 0 saturated heterocycles. The van der Waals surface area contributed by atoms with Crippen molar-refractivity contribution in [1.82, 2.24) is 19.7 Å². The molecule has 0 saturated carbocycles. The lowest BCUT2D eigenvalue weighted by atomic mass is 10.3. The van der Waals surface area contributed by atoms with Gasteiger partial charge in [-0.1, -0.05) is 6.92 Å². The first kappa shape index (κ1) is 14.3. The minimum Gasteiger partial charge on any atom is -0.370 e. The predicted octanol–water partition coefficient (Wildman–Crippen LogP) is 1.84. The van der Waals surface area contributed by atoms with Crippen LogP contribution in [0.2, 0.25) is 0 Å². The zero-order valence-electron chi connectivity index (χ0n) is 12.6. The third-order valence-corrected chi connectivity index (χ3v) is 3.00. The van der Waals surface area contributed by atoms with E-state index in [0.29, 0.717) is 0 Å². The number of hydrogen-bond acceptors (Lipinski definition) is 5. The first-order chi connectivity index (χ1) is 9.62. The largest absolute Gasteiger partial charge is 0.370 e. The first-order valence-electron chi connectivity index (χ1n) is 6.92. The standard InChI is InChI=1S/C14H22N6/c1-5-12-17-13(15-6-2)7-14(18-12)19(3)9-11-8-16-20(4)10-11/h7-8,10H,5-6,9H2,1-4H3,(H,15,17,18). The van der Waals surface area contributed by atoms with Gasteiger partial charge in [0.05, 0.1) is 6.20 Å². The van der Waals surface area contributed by atoms with Crippen LogP contribution in [-0.2, 0) is 20.0 Å². The molecule has 108 valence electrons. The number of aromatic nitrogens is 4. The Morgan fingerprint density at radius 1 is 1.30 bits per heavy atom. The summed E-state index contributed by atoms with van der Waals surface area (Å²) in [5.41, 5.74) is 1.16.